The number of allylic oxidation sites excluding steroid dienone is 1. The first-order valence-corrected chi connectivity index (χ1v) is 24.9. The van der Waals surface area contributed by atoms with Gasteiger partial charge in [-0.1, -0.05) is 68.3 Å². The number of nitrogens with one attached hydrogen (secondary N) is 2. The molecule has 1 saturated heterocycles. The minimum atomic E-state index is -5.95. The molecule has 61 heavy (non-hydrogen) atoms. The number of hydrogen-bond donors (Lipinski definition) is 2. The summed E-state index contributed by atoms with van der Waals surface area (Å²) in [6.45, 7) is 10.5. The van der Waals surface area contributed by atoms with Gasteiger partial charge in [0, 0.05) is 53.0 Å². The maximum Gasteiger partial charge on any atom is 0.501 e. The van der Waals surface area contributed by atoms with E-state index in [0.29, 0.717) is 55.0 Å². The number of piperidine rings is 1. The Balaban J connectivity index is 1.02. The van der Waals surface area contributed by atoms with E-state index in [1.165, 1.54) is 34.8 Å². The van der Waals surface area contributed by atoms with Crippen molar-refractivity contribution in [3.8, 4) is 0 Å². The van der Waals surface area contributed by atoms with Crippen molar-refractivity contribution in [2.24, 2.45) is 5.41 Å². The van der Waals surface area contributed by atoms with Gasteiger partial charge in [-0.3, -0.25) is 14.5 Å². The standard InChI is InChI=1S/C44H52ClF3N6O4S3/c1-4-33(28-59-35-8-6-5-7-9-35)51-39-15-14-36(24-41(39)60(55,56)44(46,47)48)61(57,58)52-42-37-19-23-54(27-40(37)49-29-50-42)34-17-21-53(22-18-34)26-31-16-20-43(2,3)25-38(31)30-10-12-32(45)13-11-30/h5-15,24,29,33-34,51H,4,16-23,25-28H2,1-3H3,(H,49,50,52). The first-order chi connectivity index (χ1) is 28.9. The van der Waals surface area contributed by atoms with Crippen molar-refractivity contribution in [1.82, 2.24) is 19.8 Å². The van der Waals surface area contributed by atoms with E-state index < -0.39 is 41.2 Å². The fraction of sp³-hybridized carbons (Fsp3) is 0.455. The fourth-order valence-electron chi connectivity index (χ4n) is 8.47. The molecule has 0 radical (unpaired) electrons. The molecule has 7 rings (SSSR count). The Hall–Kier alpha value is -3.67. The molecule has 4 aromatic rings. The van der Waals surface area contributed by atoms with Gasteiger partial charge in [-0.25, -0.2) is 26.8 Å². The number of sulfonamides is 1. The minimum absolute atomic E-state index is 0.0197. The topological polar surface area (TPSA) is 125 Å². The normalized spacial score (nSPS) is 18.7. The second-order valence-electron chi connectivity index (χ2n) is 16.9. The van der Waals surface area contributed by atoms with Crippen LogP contribution in [0.15, 0.2) is 99.4 Å². The number of halogens is 4. The number of likely N-dealkylation sites (tertiary alicyclic amines) is 1. The third kappa shape index (κ3) is 10.8. The molecule has 17 heteroatoms. The number of rotatable bonds is 14. The van der Waals surface area contributed by atoms with Crippen molar-refractivity contribution in [3.05, 3.63) is 107 Å². The number of aromatic nitrogens is 2. The predicted octanol–water partition coefficient (Wildman–Crippen LogP) is 9.69. The monoisotopic (exact) mass is 916 g/mol. The number of benzene rings is 3. The van der Waals surface area contributed by atoms with Crippen molar-refractivity contribution in [2.75, 3.05) is 42.0 Å². The smallest absolute Gasteiger partial charge is 0.380 e. The molecule has 3 aromatic carbocycles. The zero-order valence-corrected chi connectivity index (χ0v) is 37.7. The predicted molar refractivity (Wildman–Crippen MR) is 237 cm³/mol. The maximum absolute atomic E-state index is 14.0. The summed E-state index contributed by atoms with van der Waals surface area (Å²) in [5.74, 6) is 0.443. The average Bonchev–Trinajstić information content (AvgIpc) is 3.23. The molecular formula is C44H52ClF3N6O4S3. The van der Waals surface area contributed by atoms with E-state index in [4.69, 9.17) is 11.6 Å². The molecular weight excluding hydrogens is 865 g/mol. The lowest BCUT2D eigenvalue weighted by atomic mass is 9.72. The Morgan fingerprint density at radius 3 is 2.36 bits per heavy atom. The molecule has 1 fully saturated rings. The SMILES string of the molecule is CCC(CSc1ccccc1)Nc1ccc(S(=O)(=O)Nc2ncnc3c2CCN(C2CCN(CC4=C(c5ccc(Cl)cc5)CC(C)(C)CC4)CC2)C3)cc1S(=O)(=O)C(F)(F)F. The van der Waals surface area contributed by atoms with Gasteiger partial charge in [-0.05, 0) is 117 Å². The van der Waals surface area contributed by atoms with Gasteiger partial charge >= 0.3 is 5.51 Å². The van der Waals surface area contributed by atoms with Crippen LogP contribution in [0.4, 0.5) is 24.7 Å². The summed E-state index contributed by atoms with van der Waals surface area (Å²) in [6.07, 6.45) is 7.41. The Bertz CT molecular complexity index is 2450. The summed E-state index contributed by atoms with van der Waals surface area (Å²) in [5, 5.41) is 3.66. The van der Waals surface area contributed by atoms with Crippen LogP contribution in [0.2, 0.25) is 5.02 Å². The summed E-state index contributed by atoms with van der Waals surface area (Å²) in [7, 11) is -10.5. The number of alkyl halides is 3. The van der Waals surface area contributed by atoms with Gasteiger partial charge in [0.1, 0.15) is 17.0 Å². The molecule has 1 atom stereocenters. The lowest BCUT2D eigenvalue weighted by molar-refractivity contribution is -0.0435. The Labute approximate surface area is 366 Å². The van der Waals surface area contributed by atoms with Gasteiger partial charge in [0.2, 0.25) is 0 Å². The highest BCUT2D eigenvalue weighted by molar-refractivity contribution is 7.99. The third-order valence-electron chi connectivity index (χ3n) is 12.0. The van der Waals surface area contributed by atoms with Gasteiger partial charge in [0.05, 0.1) is 16.3 Å². The Morgan fingerprint density at radius 1 is 0.951 bits per heavy atom. The number of nitrogens with zero attached hydrogens (tertiary/aromatic N) is 4. The van der Waals surface area contributed by atoms with Gasteiger partial charge in [-0.15, -0.1) is 11.8 Å². The van der Waals surface area contributed by atoms with Gasteiger partial charge in [0.25, 0.3) is 19.9 Å². The maximum atomic E-state index is 14.0. The van der Waals surface area contributed by atoms with Crippen LogP contribution in [0.5, 0.6) is 0 Å². The lowest BCUT2D eigenvalue weighted by Gasteiger charge is -2.41. The van der Waals surface area contributed by atoms with Crippen LogP contribution in [-0.2, 0) is 32.8 Å². The molecule has 328 valence electrons. The molecule has 0 amide bonds. The zero-order valence-electron chi connectivity index (χ0n) is 34.5. The Kier molecular flexibility index (Phi) is 13.8. The minimum Gasteiger partial charge on any atom is -0.380 e. The summed E-state index contributed by atoms with van der Waals surface area (Å²) in [6, 6.07) is 20.2. The largest absolute Gasteiger partial charge is 0.501 e. The van der Waals surface area contributed by atoms with Crippen LogP contribution in [0.25, 0.3) is 5.57 Å². The molecule has 3 aliphatic rings. The van der Waals surface area contributed by atoms with Gasteiger partial charge < -0.3 is 5.32 Å². The Morgan fingerprint density at radius 2 is 1.67 bits per heavy atom. The van der Waals surface area contributed by atoms with E-state index in [-0.39, 0.29) is 16.9 Å². The summed E-state index contributed by atoms with van der Waals surface area (Å²) >= 11 is 7.68. The summed E-state index contributed by atoms with van der Waals surface area (Å²) in [4.78, 5) is 12.8. The van der Waals surface area contributed by atoms with Crippen LogP contribution in [0, 0.1) is 5.41 Å². The second-order valence-corrected chi connectivity index (χ2v) is 22.0. The number of hydrogen-bond acceptors (Lipinski definition) is 10. The molecule has 2 N–H and O–H groups in total. The fourth-order valence-corrected chi connectivity index (χ4v) is 11.7. The molecule has 0 spiro atoms. The van der Waals surface area contributed by atoms with Gasteiger partial charge in [-0.2, -0.15) is 13.2 Å². The average molecular weight is 918 g/mol. The molecule has 0 bridgehead atoms. The quantitative estimate of drug-likeness (QED) is 0.118. The van der Waals surface area contributed by atoms with E-state index in [0.717, 1.165) is 73.8 Å². The third-order valence-corrected chi connectivity index (χ3v) is 16.3. The first-order valence-electron chi connectivity index (χ1n) is 20.6. The zero-order chi connectivity index (χ0) is 43.6. The van der Waals surface area contributed by atoms with Crippen molar-refractivity contribution in [2.45, 2.75) is 105 Å². The van der Waals surface area contributed by atoms with Crippen LogP contribution >= 0.6 is 23.4 Å². The van der Waals surface area contributed by atoms with Gasteiger partial charge in [0.15, 0.2) is 0 Å². The molecule has 1 aromatic heterocycles. The number of anilines is 2. The van der Waals surface area contributed by atoms with Crippen molar-refractivity contribution >= 4 is 60.3 Å². The summed E-state index contributed by atoms with van der Waals surface area (Å²) < 4.78 is 97.9. The van der Waals surface area contributed by atoms with E-state index >= 15 is 0 Å². The van der Waals surface area contributed by atoms with E-state index in [2.05, 4.69) is 55.8 Å². The lowest BCUT2D eigenvalue weighted by Crippen LogP contribution is -2.47. The molecule has 0 saturated carbocycles. The highest BCUT2D eigenvalue weighted by atomic mass is 35.5. The van der Waals surface area contributed by atoms with E-state index in [1.54, 1.807) is 0 Å². The van der Waals surface area contributed by atoms with Crippen LogP contribution < -0.4 is 10.0 Å². The molecule has 2 aliphatic heterocycles. The number of fused-ring (bicyclic) bond motifs is 1. The van der Waals surface area contributed by atoms with E-state index in [9.17, 15) is 30.0 Å². The molecule has 1 aliphatic carbocycles. The molecule has 10 nitrogen and oxygen atoms in total. The van der Waals surface area contributed by atoms with Crippen molar-refractivity contribution < 1.29 is 30.0 Å². The second kappa shape index (κ2) is 18.6. The highest BCUT2D eigenvalue weighted by Crippen LogP contribution is 2.44. The summed E-state index contributed by atoms with van der Waals surface area (Å²) in [5.41, 5.74) is -0.302. The van der Waals surface area contributed by atoms with Crippen LogP contribution in [0.1, 0.15) is 76.1 Å². The molecule has 3 heterocycles. The number of sulfone groups is 1. The first kappa shape index (κ1) is 45.4. The van der Waals surface area contributed by atoms with Crippen LogP contribution in [-0.4, -0.2) is 86.1 Å². The molecule has 1 unspecified atom stereocenters. The van der Waals surface area contributed by atoms with Crippen molar-refractivity contribution in [3.63, 3.8) is 0 Å². The highest BCUT2D eigenvalue weighted by Gasteiger charge is 2.48. The number of thioether (sulfide) groups is 1. The van der Waals surface area contributed by atoms with E-state index in [1.807, 2.05) is 49.4 Å². The van der Waals surface area contributed by atoms with Crippen molar-refractivity contribution in [1.29, 1.82) is 0 Å². The van der Waals surface area contributed by atoms with Crippen LogP contribution in [0.3, 0.4) is 0 Å².